The van der Waals surface area contributed by atoms with Crippen molar-refractivity contribution in [2.75, 3.05) is 7.05 Å². The highest BCUT2D eigenvalue weighted by Gasteiger charge is 2.29. The molecule has 2 unspecified atom stereocenters. The number of unbranched alkanes of at least 4 members (excludes halogenated alkanes) is 1. The maximum atomic E-state index is 12.2. The number of aromatic nitrogens is 2. The van der Waals surface area contributed by atoms with Crippen molar-refractivity contribution in [3.8, 4) is 0 Å². The van der Waals surface area contributed by atoms with Gasteiger partial charge in [-0.1, -0.05) is 73.5 Å². The highest BCUT2D eigenvalue weighted by molar-refractivity contribution is 6.31. The number of carboxylic acids is 1. The molecule has 1 aromatic heterocycles. The summed E-state index contributed by atoms with van der Waals surface area (Å²) < 4.78 is 2.21. The van der Waals surface area contributed by atoms with Crippen molar-refractivity contribution in [2.24, 2.45) is 0 Å². The average Bonchev–Trinajstić information content (AvgIpc) is 3.19. The van der Waals surface area contributed by atoms with E-state index in [2.05, 4.69) is 11.5 Å². The van der Waals surface area contributed by atoms with E-state index < -0.39 is 12.0 Å². The van der Waals surface area contributed by atoms with Gasteiger partial charge in [0, 0.05) is 17.5 Å². The number of imidazole rings is 1. The number of hydrogen-bond donors (Lipinski definition) is 1. The van der Waals surface area contributed by atoms with Gasteiger partial charge in [-0.15, -0.1) is 0 Å². The first-order valence-corrected chi connectivity index (χ1v) is 11.6. The van der Waals surface area contributed by atoms with Crippen molar-refractivity contribution in [3.63, 3.8) is 0 Å². The number of aliphatic carboxylic acids is 1. The molecule has 32 heavy (non-hydrogen) atoms. The van der Waals surface area contributed by atoms with E-state index in [1.807, 2.05) is 79.7 Å². The van der Waals surface area contributed by atoms with Crippen LogP contribution in [-0.4, -0.2) is 38.6 Å². The van der Waals surface area contributed by atoms with Crippen molar-refractivity contribution in [3.05, 3.63) is 88.5 Å². The van der Waals surface area contributed by atoms with Gasteiger partial charge in [-0.05, 0) is 44.0 Å². The van der Waals surface area contributed by atoms with Gasteiger partial charge in [0.05, 0.1) is 18.4 Å². The van der Waals surface area contributed by atoms with E-state index in [9.17, 15) is 9.90 Å². The first-order valence-electron chi connectivity index (χ1n) is 11.2. The third kappa shape index (κ3) is 5.78. The molecule has 0 fully saturated rings. The molecule has 0 spiro atoms. The normalized spacial score (nSPS) is 13.3. The summed E-state index contributed by atoms with van der Waals surface area (Å²) in [5, 5.41) is 10.7. The molecule has 1 heterocycles. The Hall–Kier alpha value is -2.63. The Balaban J connectivity index is 1.91. The van der Waals surface area contributed by atoms with Crippen molar-refractivity contribution < 1.29 is 9.90 Å². The Kier molecular flexibility index (Phi) is 8.48. The number of rotatable bonds is 11. The summed E-state index contributed by atoms with van der Waals surface area (Å²) in [6, 6.07) is 16.8. The quantitative estimate of drug-likeness (QED) is 0.409. The third-order valence-electron chi connectivity index (χ3n) is 6.10. The van der Waals surface area contributed by atoms with Gasteiger partial charge < -0.3 is 9.67 Å². The lowest BCUT2D eigenvalue weighted by atomic mass is 10.0. The number of carbonyl (C=O) groups is 1. The molecular weight excluding hydrogens is 422 g/mol. The van der Waals surface area contributed by atoms with Crippen molar-refractivity contribution in [1.29, 1.82) is 0 Å². The largest absolute Gasteiger partial charge is 0.480 e. The highest BCUT2D eigenvalue weighted by Crippen LogP contribution is 2.27. The Morgan fingerprint density at radius 1 is 1.16 bits per heavy atom. The molecule has 0 aliphatic carbocycles. The van der Waals surface area contributed by atoms with Gasteiger partial charge >= 0.3 is 5.97 Å². The zero-order valence-corrected chi connectivity index (χ0v) is 19.8. The number of hydrogen-bond acceptors (Lipinski definition) is 3. The third-order valence-corrected chi connectivity index (χ3v) is 6.47. The smallest absolute Gasteiger partial charge is 0.321 e. The van der Waals surface area contributed by atoms with Gasteiger partial charge in [0.15, 0.2) is 0 Å². The molecule has 0 aliphatic rings. The van der Waals surface area contributed by atoms with Crippen LogP contribution in [0.25, 0.3) is 0 Å². The number of halogens is 1. The van der Waals surface area contributed by atoms with Gasteiger partial charge in [-0.25, -0.2) is 4.98 Å². The van der Waals surface area contributed by atoms with Gasteiger partial charge in [-0.3, -0.25) is 9.69 Å². The van der Waals surface area contributed by atoms with E-state index >= 15 is 0 Å². The second kappa shape index (κ2) is 11.3. The lowest BCUT2D eigenvalue weighted by Crippen LogP contribution is -2.42. The fraction of sp³-hybridized carbons (Fsp3) is 0.385. The first-order chi connectivity index (χ1) is 15.4. The van der Waals surface area contributed by atoms with Crippen LogP contribution in [0.5, 0.6) is 0 Å². The number of likely N-dealkylation sites (N-methyl/N-ethyl adjacent to an activating group) is 1. The molecule has 1 N–H and O–H groups in total. The molecule has 6 heteroatoms. The van der Waals surface area contributed by atoms with E-state index in [1.165, 1.54) is 0 Å². The molecule has 2 atom stereocenters. The maximum absolute atomic E-state index is 12.2. The summed E-state index contributed by atoms with van der Waals surface area (Å²) in [6.07, 6.45) is 5.35. The Morgan fingerprint density at radius 3 is 2.50 bits per heavy atom. The van der Waals surface area contributed by atoms with Crippen LogP contribution in [0, 0.1) is 0 Å². The first kappa shape index (κ1) is 24.0. The Labute approximate surface area is 195 Å². The second-order valence-corrected chi connectivity index (χ2v) is 8.67. The van der Waals surface area contributed by atoms with Crippen LogP contribution in [0.15, 0.2) is 60.8 Å². The van der Waals surface area contributed by atoms with E-state index in [0.717, 1.165) is 46.9 Å². The maximum Gasteiger partial charge on any atom is 0.321 e. The van der Waals surface area contributed by atoms with Crippen LogP contribution < -0.4 is 0 Å². The SMILES string of the molecule is CCCCc1ncc(C(C)N(C)C(Cc2ccccc2)C(=O)O)n1Cc1ccccc1Cl. The van der Waals surface area contributed by atoms with Gasteiger partial charge in [0.1, 0.15) is 11.9 Å². The molecule has 0 aliphatic heterocycles. The molecule has 0 radical (unpaired) electrons. The van der Waals surface area contributed by atoms with Crippen LogP contribution in [0.1, 0.15) is 55.4 Å². The van der Waals surface area contributed by atoms with E-state index in [4.69, 9.17) is 16.6 Å². The molecule has 3 aromatic rings. The van der Waals surface area contributed by atoms with Gasteiger partial charge in [0.2, 0.25) is 0 Å². The fourth-order valence-electron chi connectivity index (χ4n) is 4.00. The highest BCUT2D eigenvalue weighted by atomic mass is 35.5. The molecule has 5 nitrogen and oxygen atoms in total. The van der Waals surface area contributed by atoms with Crippen molar-refractivity contribution in [1.82, 2.24) is 14.5 Å². The Bertz CT molecular complexity index is 1020. The second-order valence-electron chi connectivity index (χ2n) is 8.27. The van der Waals surface area contributed by atoms with E-state index in [-0.39, 0.29) is 6.04 Å². The lowest BCUT2D eigenvalue weighted by Gasteiger charge is -2.31. The lowest BCUT2D eigenvalue weighted by molar-refractivity contribution is -0.143. The zero-order valence-electron chi connectivity index (χ0n) is 19.0. The molecule has 170 valence electrons. The number of nitrogens with zero attached hydrogens (tertiary/aromatic N) is 3. The van der Waals surface area contributed by atoms with Gasteiger partial charge in [-0.2, -0.15) is 0 Å². The molecular formula is C26H32ClN3O2. The monoisotopic (exact) mass is 453 g/mol. The molecule has 0 bridgehead atoms. The minimum atomic E-state index is -0.827. The predicted octanol–water partition coefficient (Wildman–Crippen LogP) is 5.62. The minimum Gasteiger partial charge on any atom is -0.480 e. The van der Waals surface area contributed by atoms with Crippen LogP contribution in [-0.2, 0) is 24.2 Å². The molecule has 0 amide bonds. The van der Waals surface area contributed by atoms with Gasteiger partial charge in [0.25, 0.3) is 0 Å². The molecule has 3 rings (SSSR count). The standard InChI is InChI=1S/C26H32ClN3O2/c1-4-5-15-25-28-17-24(30(25)18-21-13-9-10-14-22(21)27)19(2)29(3)23(26(31)32)16-20-11-7-6-8-12-20/h6-14,17,19,23H,4-5,15-16,18H2,1-3H3,(H,31,32). The summed E-state index contributed by atoms with van der Waals surface area (Å²) in [5.41, 5.74) is 3.03. The Morgan fingerprint density at radius 2 is 1.84 bits per heavy atom. The minimum absolute atomic E-state index is 0.134. The predicted molar refractivity (Wildman–Crippen MR) is 129 cm³/mol. The van der Waals surface area contributed by atoms with Crippen molar-refractivity contribution >= 4 is 17.6 Å². The molecule has 0 saturated heterocycles. The fourth-order valence-corrected chi connectivity index (χ4v) is 4.19. The van der Waals surface area contributed by atoms with Crippen LogP contribution >= 0.6 is 11.6 Å². The van der Waals surface area contributed by atoms with Crippen LogP contribution in [0.3, 0.4) is 0 Å². The van der Waals surface area contributed by atoms with E-state index in [1.54, 1.807) is 0 Å². The van der Waals surface area contributed by atoms with Crippen LogP contribution in [0.4, 0.5) is 0 Å². The van der Waals surface area contributed by atoms with Crippen molar-refractivity contribution in [2.45, 2.75) is 58.2 Å². The number of benzene rings is 2. The van der Waals surface area contributed by atoms with E-state index in [0.29, 0.717) is 13.0 Å². The zero-order chi connectivity index (χ0) is 23.1. The number of aryl methyl sites for hydroxylation is 1. The molecule has 0 saturated carbocycles. The molecule has 2 aromatic carbocycles. The summed E-state index contributed by atoms with van der Waals surface area (Å²) in [6.45, 7) is 4.83. The summed E-state index contributed by atoms with van der Waals surface area (Å²) in [5.74, 6) is 0.184. The topological polar surface area (TPSA) is 58.4 Å². The van der Waals surface area contributed by atoms with Crippen LogP contribution in [0.2, 0.25) is 5.02 Å². The summed E-state index contributed by atoms with van der Waals surface area (Å²) in [4.78, 5) is 18.8. The summed E-state index contributed by atoms with van der Waals surface area (Å²) >= 11 is 6.45. The average molecular weight is 454 g/mol. The summed E-state index contributed by atoms with van der Waals surface area (Å²) in [7, 11) is 1.88. The number of carboxylic acid groups (broad SMARTS) is 1.